The first-order valence-corrected chi connectivity index (χ1v) is 14.1. The van der Waals surface area contributed by atoms with E-state index < -0.39 is 35.4 Å². The lowest BCUT2D eigenvalue weighted by atomic mass is 10.0. The fraction of sp³-hybridized carbons (Fsp3) is 0.290. The molecule has 0 fully saturated rings. The molecule has 2 aliphatic heterocycles. The summed E-state index contributed by atoms with van der Waals surface area (Å²) < 4.78 is 81.8. The van der Waals surface area contributed by atoms with Crippen LogP contribution < -0.4 is 4.74 Å². The van der Waals surface area contributed by atoms with Crippen LogP contribution in [0.4, 0.5) is 22.0 Å². The Labute approximate surface area is 254 Å². The molecule has 0 N–H and O–H groups in total. The Morgan fingerprint density at radius 2 is 1.76 bits per heavy atom. The highest BCUT2D eigenvalue weighted by Crippen LogP contribution is 2.39. The Hall–Kier alpha value is -5.01. The zero-order chi connectivity index (χ0) is 32.1. The number of benzene rings is 2. The summed E-state index contributed by atoms with van der Waals surface area (Å²) in [5, 5.41) is 8.13. The minimum atomic E-state index is -4.69. The Bertz CT molecular complexity index is 1760. The van der Waals surface area contributed by atoms with Gasteiger partial charge < -0.3 is 14.0 Å². The molecule has 2 aliphatic rings. The van der Waals surface area contributed by atoms with Crippen molar-refractivity contribution >= 4 is 5.97 Å². The number of imidazole rings is 1. The van der Waals surface area contributed by atoms with E-state index >= 15 is 0 Å². The molecular formula is C31H27F5N6O3. The molecule has 14 heteroatoms. The maximum atomic E-state index is 14.2. The van der Waals surface area contributed by atoms with Crippen LogP contribution in [0.2, 0.25) is 0 Å². The molecule has 5 rings (SSSR count). The van der Waals surface area contributed by atoms with Crippen molar-refractivity contribution in [2.24, 2.45) is 0 Å². The zero-order valence-electron chi connectivity index (χ0n) is 24.2. The minimum Gasteiger partial charge on any atom is -0.494 e. The van der Waals surface area contributed by atoms with Crippen molar-refractivity contribution in [1.82, 2.24) is 29.7 Å². The molecule has 0 aliphatic carbocycles. The van der Waals surface area contributed by atoms with Gasteiger partial charge in [-0.3, -0.25) is 0 Å². The summed E-state index contributed by atoms with van der Waals surface area (Å²) in [6.45, 7) is 4.03. The second-order valence-electron chi connectivity index (χ2n) is 10.0. The number of carbonyl (C=O) groups excluding carboxylic acids is 1. The van der Waals surface area contributed by atoms with Gasteiger partial charge in [0.15, 0.2) is 23.5 Å². The predicted molar refractivity (Wildman–Crippen MR) is 151 cm³/mol. The van der Waals surface area contributed by atoms with Crippen molar-refractivity contribution in [1.29, 1.82) is 0 Å². The predicted octanol–water partition coefficient (Wildman–Crippen LogP) is 6.45. The van der Waals surface area contributed by atoms with Crippen LogP contribution >= 0.6 is 0 Å². The number of esters is 1. The van der Waals surface area contributed by atoms with Gasteiger partial charge >= 0.3 is 12.1 Å². The van der Waals surface area contributed by atoms with Gasteiger partial charge in [0.2, 0.25) is 0 Å². The summed E-state index contributed by atoms with van der Waals surface area (Å²) in [4.78, 5) is 26.1. The number of rotatable bonds is 11. The quantitative estimate of drug-likeness (QED) is 0.122. The van der Waals surface area contributed by atoms with Crippen molar-refractivity contribution in [3.63, 3.8) is 0 Å². The Morgan fingerprint density at radius 1 is 0.956 bits per heavy atom. The lowest BCUT2D eigenvalue weighted by molar-refractivity contribution is -0.146. The van der Waals surface area contributed by atoms with Crippen molar-refractivity contribution < 1.29 is 36.2 Å². The highest BCUT2D eigenvalue weighted by Gasteiger charge is 2.35. The number of hydrogen-bond acceptors (Lipinski definition) is 8. The third-order valence-electron chi connectivity index (χ3n) is 6.66. The van der Waals surface area contributed by atoms with E-state index in [-0.39, 0.29) is 65.2 Å². The summed E-state index contributed by atoms with van der Waals surface area (Å²) in [5.74, 6) is -2.24. The second-order valence-corrected chi connectivity index (χ2v) is 10.0. The molecule has 3 aromatic rings. The van der Waals surface area contributed by atoms with Crippen LogP contribution in [0.15, 0.2) is 61.1 Å². The van der Waals surface area contributed by atoms with E-state index in [0.717, 1.165) is 12.1 Å². The molecule has 3 heterocycles. The van der Waals surface area contributed by atoms with Crippen LogP contribution in [-0.4, -0.2) is 48.9 Å². The lowest BCUT2D eigenvalue weighted by Gasteiger charge is -2.19. The van der Waals surface area contributed by atoms with Crippen molar-refractivity contribution in [2.45, 2.75) is 45.3 Å². The molecule has 234 valence electrons. The standard InChI is InChI=1S/C31H27F5N6O3/c1-3-12-44-19-8-9-20(21(15-19)31(34,35)36)23-10-11-24(41-40-23)28(30(43)45-13-4-2)42-16-25-29(37-17-42)39-26(38-25)14-18-6-5-7-22(32)27(18)33/h5-11,15-17,28H,3-4,12-14H2,1-2H3. The molecule has 9 nitrogen and oxygen atoms in total. The van der Waals surface area contributed by atoms with Crippen LogP contribution in [0.3, 0.4) is 0 Å². The Balaban J connectivity index is 1.48. The maximum absolute atomic E-state index is 14.2. The molecule has 0 saturated carbocycles. The van der Waals surface area contributed by atoms with Crippen LogP contribution in [0, 0.1) is 11.6 Å². The third kappa shape index (κ3) is 7.05. The molecule has 0 amide bonds. The summed E-state index contributed by atoms with van der Waals surface area (Å²) in [6, 6.07) is 8.90. The van der Waals surface area contributed by atoms with E-state index in [4.69, 9.17) is 9.47 Å². The number of aromatic nitrogens is 6. The topological polar surface area (TPSA) is 105 Å². The van der Waals surface area contributed by atoms with Crippen LogP contribution in [0.1, 0.15) is 55.4 Å². The molecule has 0 saturated heterocycles. The van der Waals surface area contributed by atoms with Crippen LogP contribution in [0.5, 0.6) is 5.75 Å². The molecule has 0 radical (unpaired) electrons. The molecule has 0 bridgehead atoms. The summed E-state index contributed by atoms with van der Waals surface area (Å²) >= 11 is 0. The number of ether oxygens (including phenoxy) is 2. The van der Waals surface area contributed by atoms with Gasteiger partial charge in [-0.05, 0) is 54.8 Å². The monoisotopic (exact) mass is 626 g/mol. The largest absolute Gasteiger partial charge is 0.494 e. The minimum absolute atomic E-state index is 0.0615. The highest BCUT2D eigenvalue weighted by molar-refractivity contribution is 5.78. The summed E-state index contributed by atoms with van der Waals surface area (Å²) in [6.07, 6.45) is -0.853. The van der Waals surface area contributed by atoms with Gasteiger partial charge in [-0.1, -0.05) is 26.0 Å². The average molecular weight is 627 g/mol. The van der Waals surface area contributed by atoms with Crippen molar-refractivity contribution in [3.8, 4) is 28.5 Å². The Morgan fingerprint density at radius 3 is 2.47 bits per heavy atom. The first kappa shape index (κ1) is 31.4. The van der Waals surface area contributed by atoms with E-state index in [0.29, 0.717) is 12.8 Å². The first-order valence-electron chi connectivity index (χ1n) is 14.1. The normalized spacial score (nSPS) is 12.3. The van der Waals surface area contributed by atoms with Gasteiger partial charge in [0.25, 0.3) is 0 Å². The first-order chi connectivity index (χ1) is 21.6. The van der Waals surface area contributed by atoms with Crippen molar-refractivity contribution in [2.75, 3.05) is 13.2 Å². The van der Waals surface area contributed by atoms with Gasteiger partial charge in [0.1, 0.15) is 17.3 Å². The molecule has 0 spiro atoms. The van der Waals surface area contributed by atoms with E-state index in [9.17, 15) is 26.7 Å². The van der Waals surface area contributed by atoms with E-state index in [1.165, 1.54) is 53.5 Å². The summed E-state index contributed by atoms with van der Waals surface area (Å²) in [7, 11) is 0. The Kier molecular flexibility index (Phi) is 9.30. The number of hydrogen-bond donors (Lipinski definition) is 0. The average Bonchev–Trinajstić information content (AvgIpc) is 3.43. The maximum Gasteiger partial charge on any atom is 0.417 e. The van der Waals surface area contributed by atoms with E-state index in [2.05, 4.69) is 25.1 Å². The zero-order valence-corrected chi connectivity index (χ0v) is 24.2. The number of alkyl halides is 3. The van der Waals surface area contributed by atoms with E-state index in [1.807, 2.05) is 13.8 Å². The lowest BCUT2D eigenvalue weighted by Crippen LogP contribution is -2.25. The molecule has 2 aromatic carbocycles. The molecular weight excluding hydrogens is 599 g/mol. The molecule has 1 aromatic heterocycles. The smallest absolute Gasteiger partial charge is 0.417 e. The van der Waals surface area contributed by atoms with Crippen LogP contribution in [0.25, 0.3) is 22.8 Å². The number of halogens is 5. The third-order valence-corrected chi connectivity index (χ3v) is 6.66. The van der Waals surface area contributed by atoms with Gasteiger partial charge in [0, 0.05) is 18.2 Å². The fourth-order valence-corrected chi connectivity index (χ4v) is 4.55. The van der Waals surface area contributed by atoms with Gasteiger partial charge in [-0.2, -0.15) is 23.4 Å². The van der Waals surface area contributed by atoms with Gasteiger partial charge in [-0.25, -0.2) is 28.5 Å². The van der Waals surface area contributed by atoms with Gasteiger partial charge in [0.05, 0.1) is 36.5 Å². The molecule has 1 unspecified atom stereocenters. The number of nitrogens with zero attached hydrogens (tertiary/aromatic N) is 6. The molecule has 45 heavy (non-hydrogen) atoms. The fourth-order valence-electron chi connectivity index (χ4n) is 4.55. The number of fused-ring (bicyclic) bond motifs is 1. The molecule has 1 atom stereocenters. The SMILES string of the molecule is CCCOC(=O)C(c1ccc(-c2ccc(OCCC)cc2C(F)(F)F)nn1)n1cnc2nc(Cc3cccc(F)c3F)nc-2c1. The van der Waals surface area contributed by atoms with E-state index in [1.54, 1.807) is 0 Å². The van der Waals surface area contributed by atoms with Crippen LogP contribution in [-0.2, 0) is 22.1 Å². The van der Waals surface area contributed by atoms with Crippen molar-refractivity contribution in [3.05, 3.63) is 95.3 Å². The highest BCUT2D eigenvalue weighted by atomic mass is 19.4. The van der Waals surface area contributed by atoms with Gasteiger partial charge in [-0.15, -0.1) is 0 Å². The second kappa shape index (κ2) is 13.3. The summed E-state index contributed by atoms with van der Waals surface area (Å²) in [5.41, 5.74) is -0.827. The number of carbonyl (C=O) groups is 1.